The van der Waals surface area contributed by atoms with Crippen molar-refractivity contribution >= 4 is 29.3 Å². The van der Waals surface area contributed by atoms with E-state index in [0.717, 1.165) is 35.2 Å². The number of carboxylic acids is 1. The van der Waals surface area contributed by atoms with Crippen LogP contribution < -0.4 is 4.90 Å². The number of rotatable bonds is 3. The summed E-state index contributed by atoms with van der Waals surface area (Å²) in [5.74, 6) is -1.75. The predicted octanol–water partition coefficient (Wildman–Crippen LogP) is 5.78. The molecule has 0 aliphatic carbocycles. The lowest BCUT2D eigenvalue weighted by atomic mass is 9.94. The second kappa shape index (κ2) is 7.29. The van der Waals surface area contributed by atoms with Gasteiger partial charge in [0.2, 0.25) is 0 Å². The number of nitrogens with zero attached hydrogens (tertiary/aromatic N) is 1. The van der Waals surface area contributed by atoms with Gasteiger partial charge in [-0.15, -0.1) is 0 Å². The van der Waals surface area contributed by atoms with Crippen molar-refractivity contribution in [2.45, 2.75) is 24.9 Å². The van der Waals surface area contributed by atoms with Crippen LogP contribution in [0, 0.1) is 0 Å². The molecule has 29 heavy (non-hydrogen) atoms. The number of halogens is 7. The molecule has 154 valence electrons. The highest BCUT2D eigenvalue weighted by Gasteiger charge is 2.50. The standard InChI is InChI=1S/C19H12ClF6NO2/c20-13-5-6-15-11(7-13)8-14(17(28)29)16(19(24,25)26)27(15)9-10-1-3-12(4-2-10)18(21,22)23/h1-8,16H,9H2,(H,28,29). The van der Waals surface area contributed by atoms with Crippen molar-refractivity contribution < 1.29 is 36.2 Å². The van der Waals surface area contributed by atoms with E-state index in [2.05, 4.69) is 0 Å². The highest BCUT2D eigenvalue weighted by Crippen LogP contribution is 2.42. The van der Waals surface area contributed by atoms with Gasteiger partial charge in [-0.25, -0.2) is 4.79 Å². The zero-order valence-corrected chi connectivity index (χ0v) is 15.1. The van der Waals surface area contributed by atoms with Crippen LogP contribution in [0.4, 0.5) is 32.0 Å². The number of carbonyl (C=O) groups is 1. The number of alkyl halides is 6. The van der Waals surface area contributed by atoms with Gasteiger partial charge in [-0.1, -0.05) is 23.7 Å². The summed E-state index contributed by atoms with van der Waals surface area (Å²) in [6.07, 6.45) is -8.61. The van der Waals surface area contributed by atoms with Crippen LogP contribution in [0.25, 0.3) is 6.08 Å². The molecule has 1 aliphatic heterocycles. The fourth-order valence-electron chi connectivity index (χ4n) is 3.16. The van der Waals surface area contributed by atoms with Gasteiger partial charge < -0.3 is 10.0 Å². The van der Waals surface area contributed by atoms with Crippen LogP contribution in [0.1, 0.15) is 16.7 Å². The van der Waals surface area contributed by atoms with Crippen molar-refractivity contribution in [3.05, 3.63) is 69.8 Å². The van der Waals surface area contributed by atoms with Gasteiger partial charge >= 0.3 is 18.3 Å². The van der Waals surface area contributed by atoms with Crippen LogP contribution in [-0.4, -0.2) is 23.3 Å². The summed E-state index contributed by atoms with van der Waals surface area (Å²) >= 11 is 5.87. The minimum Gasteiger partial charge on any atom is -0.478 e. The lowest BCUT2D eigenvalue weighted by molar-refractivity contribution is -0.150. The molecule has 3 nitrogen and oxygen atoms in total. The van der Waals surface area contributed by atoms with E-state index in [0.29, 0.717) is 0 Å². The molecule has 3 rings (SSSR count). The van der Waals surface area contributed by atoms with Crippen LogP contribution in [0.2, 0.25) is 5.02 Å². The van der Waals surface area contributed by atoms with Crippen molar-refractivity contribution in [1.29, 1.82) is 0 Å². The molecule has 1 N–H and O–H groups in total. The number of carboxylic acid groups (broad SMARTS) is 1. The van der Waals surface area contributed by atoms with E-state index >= 15 is 0 Å². The maximum absolute atomic E-state index is 13.8. The lowest BCUT2D eigenvalue weighted by Crippen LogP contribution is -2.50. The molecule has 0 radical (unpaired) electrons. The van der Waals surface area contributed by atoms with Gasteiger partial charge in [-0.05, 0) is 47.5 Å². The van der Waals surface area contributed by atoms with E-state index < -0.39 is 42.0 Å². The fraction of sp³-hybridized carbons (Fsp3) is 0.211. The first kappa shape index (κ1) is 21.0. The maximum Gasteiger partial charge on any atom is 0.416 e. The first-order valence-corrected chi connectivity index (χ1v) is 8.49. The number of fused-ring (bicyclic) bond motifs is 1. The number of benzene rings is 2. The summed E-state index contributed by atoms with van der Waals surface area (Å²) in [6.45, 7) is -0.457. The van der Waals surface area contributed by atoms with E-state index in [1.54, 1.807) is 0 Å². The van der Waals surface area contributed by atoms with Crippen LogP contribution in [0.3, 0.4) is 0 Å². The third-order valence-corrected chi connectivity index (χ3v) is 4.64. The number of aliphatic carboxylic acids is 1. The Kier molecular flexibility index (Phi) is 5.29. The average molecular weight is 436 g/mol. The molecule has 0 amide bonds. The molecule has 0 fully saturated rings. The summed E-state index contributed by atoms with van der Waals surface area (Å²) in [4.78, 5) is 12.3. The molecule has 10 heteroatoms. The molecule has 1 aliphatic rings. The molecule has 0 aromatic heterocycles. The molecule has 0 bridgehead atoms. The quantitative estimate of drug-likeness (QED) is 0.621. The van der Waals surface area contributed by atoms with E-state index in [1.165, 1.54) is 18.2 Å². The molecule has 2 aromatic carbocycles. The van der Waals surface area contributed by atoms with Crippen LogP contribution >= 0.6 is 11.6 Å². The van der Waals surface area contributed by atoms with E-state index in [9.17, 15) is 36.2 Å². The minimum atomic E-state index is -4.94. The molecular weight excluding hydrogens is 424 g/mol. The van der Waals surface area contributed by atoms with E-state index in [4.69, 9.17) is 11.6 Å². The molecule has 0 saturated carbocycles. The minimum absolute atomic E-state index is 0.0709. The Morgan fingerprint density at radius 1 is 1.03 bits per heavy atom. The Balaban J connectivity index is 2.08. The second-order valence-corrected chi connectivity index (χ2v) is 6.81. The van der Waals surface area contributed by atoms with E-state index in [1.807, 2.05) is 0 Å². The van der Waals surface area contributed by atoms with Crippen LogP contribution in [0.5, 0.6) is 0 Å². The SMILES string of the molecule is O=C(O)C1=Cc2cc(Cl)ccc2N(Cc2ccc(C(F)(F)F)cc2)C1C(F)(F)F. The van der Waals surface area contributed by atoms with Crippen molar-refractivity contribution in [2.24, 2.45) is 0 Å². The normalized spacial score (nSPS) is 17.0. The Morgan fingerprint density at radius 2 is 1.66 bits per heavy atom. The summed E-state index contributed by atoms with van der Waals surface area (Å²) in [6, 6.07) is 5.16. The summed E-state index contributed by atoms with van der Waals surface area (Å²) in [5, 5.41) is 9.52. The summed E-state index contributed by atoms with van der Waals surface area (Å²) in [7, 11) is 0. The Hall–Kier alpha value is -2.68. The summed E-state index contributed by atoms with van der Waals surface area (Å²) in [5.41, 5.74) is -1.45. The Morgan fingerprint density at radius 3 is 2.17 bits per heavy atom. The zero-order valence-electron chi connectivity index (χ0n) is 14.4. The average Bonchev–Trinajstić information content (AvgIpc) is 2.59. The molecule has 2 aromatic rings. The van der Waals surface area contributed by atoms with Crippen molar-refractivity contribution in [1.82, 2.24) is 0 Å². The number of anilines is 1. The lowest BCUT2D eigenvalue weighted by Gasteiger charge is -2.39. The van der Waals surface area contributed by atoms with Crippen molar-refractivity contribution in [3.63, 3.8) is 0 Å². The van der Waals surface area contributed by atoms with Gasteiger partial charge in [-0.2, -0.15) is 26.3 Å². The van der Waals surface area contributed by atoms with Gasteiger partial charge in [0.15, 0.2) is 6.04 Å². The Bertz CT molecular complexity index is 966. The third kappa shape index (κ3) is 4.34. The fourth-order valence-corrected chi connectivity index (χ4v) is 3.34. The second-order valence-electron chi connectivity index (χ2n) is 6.37. The third-order valence-electron chi connectivity index (χ3n) is 4.41. The number of hydrogen-bond acceptors (Lipinski definition) is 2. The highest BCUT2D eigenvalue weighted by molar-refractivity contribution is 6.30. The van der Waals surface area contributed by atoms with Gasteiger partial charge in [0.05, 0.1) is 11.1 Å². The molecule has 0 saturated heterocycles. The topological polar surface area (TPSA) is 40.5 Å². The largest absolute Gasteiger partial charge is 0.478 e. The first-order chi connectivity index (χ1) is 13.4. The van der Waals surface area contributed by atoms with Crippen LogP contribution in [-0.2, 0) is 17.5 Å². The molecule has 1 unspecified atom stereocenters. The Labute approximate surface area is 165 Å². The smallest absolute Gasteiger partial charge is 0.416 e. The monoisotopic (exact) mass is 435 g/mol. The predicted molar refractivity (Wildman–Crippen MR) is 94.5 cm³/mol. The number of hydrogen-bond donors (Lipinski definition) is 1. The first-order valence-electron chi connectivity index (χ1n) is 8.12. The van der Waals surface area contributed by atoms with Gasteiger partial charge in [0.1, 0.15) is 0 Å². The highest BCUT2D eigenvalue weighted by atomic mass is 35.5. The summed E-state index contributed by atoms with van der Waals surface area (Å²) < 4.78 is 79.5. The molecule has 1 atom stereocenters. The van der Waals surface area contributed by atoms with Gasteiger partial charge in [-0.3, -0.25) is 0 Å². The van der Waals surface area contributed by atoms with Crippen molar-refractivity contribution in [2.75, 3.05) is 4.90 Å². The molecular formula is C19H12ClF6NO2. The van der Waals surface area contributed by atoms with Gasteiger partial charge in [0, 0.05) is 17.3 Å². The van der Waals surface area contributed by atoms with Crippen molar-refractivity contribution in [3.8, 4) is 0 Å². The van der Waals surface area contributed by atoms with Gasteiger partial charge in [0.25, 0.3) is 0 Å². The molecule has 1 heterocycles. The van der Waals surface area contributed by atoms with E-state index in [-0.39, 0.29) is 21.8 Å². The zero-order chi connectivity index (χ0) is 21.6. The van der Waals surface area contributed by atoms with Crippen LogP contribution in [0.15, 0.2) is 48.0 Å². The maximum atomic E-state index is 13.8. The molecule has 0 spiro atoms.